The zero-order valence-electron chi connectivity index (χ0n) is 10.6. The third kappa shape index (κ3) is 2.76. The summed E-state index contributed by atoms with van der Waals surface area (Å²) >= 11 is 0. The fraction of sp³-hybridized carbons (Fsp3) is 0. The van der Waals surface area contributed by atoms with Crippen LogP contribution in [0, 0.1) is 23.3 Å². The molecule has 0 radical (unpaired) electrons. The molecule has 1 N–H and O–H groups in total. The van der Waals surface area contributed by atoms with Gasteiger partial charge in [-0.1, -0.05) is 0 Å². The first-order valence-electron chi connectivity index (χ1n) is 5.67. The second kappa shape index (κ2) is 5.84. The molecule has 0 unspecified atom stereocenters. The minimum absolute atomic E-state index is 0.0727. The van der Waals surface area contributed by atoms with Crippen LogP contribution in [-0.4, -0.2) is 17.5 Å². The molecular weight excluding hydrogens is 308 g/mol. The van der Waals surface area contributed by atoms with Crippen molar-refractivity contribution in [1.82, 2.24) is 0 Å². The number of ether oxygens (including phenoxy) is 1. The van der Waals surface area contributed by atoms with E-state index in [2.05, 4.69) is 4.74 Å². The maximum absolute atomic E-state index is 13.9. The van der Waals surface area contributed by atoms with E-state index in [1.54, 1.807) is 0 Å². The van der Waals surface area contributed by atoms with Crippen LogP contribution >= 0.6 is 0 Å². The Hall–Kier alpha value is -2.90. The summed E-state index contributed by atoms with van der Waals surface area (Å²) in [7, 11) is 0. The van der Waals surface area contributed by atoms with E-state index in [1.807, 2.05) is 0 Å². The number of rotatable bonds is 4. The topological polar surface area (TPSA) is 63.6 Å². The molecule has 0 spiro atoms. The molecule has 0 saturated carbocycles. The Labute approximate surface area is 120 Å². The van der Waals surface area contributed by atoms with Gasteiger partial charge in [0.15, 0.2) is 0 Å². The van der Waals surface area contributed by atoms with Crippen molar-refractivity contribution < 1.29 is 37.0 Å². The maximum Gasteiger partial charge on any atom is 0.335 e. The highest BCUT2D eigenvalue weighted by molar-refractivity contribution is 5.88. The molecule has 2 rings (SSSR count). The fourth-order valence-electron chi connectivity index (χ4n) is 1.85. The Balaban J connectivity index is 2.67. The van der Waals surface area contributed by atoms with Gasteiger partial charge < -0.3 is 9.84 Å². The van der Waals surface area contributed by atoms with Crippen LogP contribution < -0.4 is 4.74 Å². The number of aromatic carboxylic acids is 1. The molecule has 2 aromatic carbocycles. The molecule has 0 amide bonds. The monoisotopic (exact) mass is 314 g/mol. The Kier molecular flexibility index (Phi) is 4.11. The number of benzene rings is 2. The lowest BCUT2D eigenvalue weighted by molar-refractivity contribution is -0.120. The van der Waals surface area contributed by atoms with Gasteiger partial charge in [-0.25, -0.2) is 22.4 Å². The summed E-state index contributed by atoms with van der Waals surface area (Å²) in [5.41, 5.74) is -2.80. The van der Waals surface area contributed by atoms with Crippen LogP contribution in [0.1, 0.15) is 10.4 Å². The van der Waals surface area contributed by atoms with Crippen molar-refractivity contribution >= 4 is 12.4 Å². The zero-order valence-corrected chi connectivity index (χ0v) is 10.6. The lowest BCUT2D eigenvalue weighted by Gasteiger charge is -2.10. The molecule has 8 heteroatoms. The first-order valence-corrected chi connectivity index (χ1v) is 5.67. The molecule has 0 fully saturated rings. The number of hydrogen-bond acceptors (Lipinski definition) is 3. The van der Waals surface area contributed by atoms with E-state index >= 15 is 0 Å². The number of carboxylic acid groups (broad SMARTS) is 1. The van der Waals surface area contributed by atoms with Crippen LogP contribution in [-0.2, 0) is 4.79 Å². The average molecular weight is 314 g/mol. The summed E-state index contributed by atoms with van der Waals surface area (Å²) in [4.78, 5) is 20.8. The second-order valence-electron chi connectivity index (χ2n) is 4.10. The third-order valence-corrected chi connectivity index (χ3v) is 2.74. The SMILES string of the molecule is O=COc1cc(F)c(-c2c(F)cc(C(=O)O)cc2F)c(F)c1. The van der Waals surface area contributed by atoms with Crippen molar-refractivity contribution in [2.45, 2.75) is 0 Å². The molecule has 0 atom stereocenters. The maximum atomic E-state index is 13.9. The minimum atomic E-state index is -1.60. The second-order valence-corrected chi connectivity index (χ2v) is 4.10. The van der Waals surface area contributed by atoms with Crippen LogP contribution in [0.3, 0.4) is 0 Å². The molecular formula is C14H6F4O4. The predicted molar refractivity (Wildman–Crippen MR) is 65.4 cm³/mol. The predicted octanol–water partition coefficient (Wildman–Crippen LogP) is 3.14. The first-order chi connectivity index (χ1) is 10.3. The lowest BCUT2D eigenvalue weighted by atomic mass is 10.0. The van der Waals surface area contributed by atoms with Crippen LogP contribution in [0.2, 0.25) is 0 Å². The third-order valence-electron chi connectivity index (χ3n) is 2.74. The van der Waals surface area contributed by atoms with E-state index in [0.717, 1.165) is 0 Å². The lowest BCUT2D eigenvalue weighted by Crippen LogP contribution is -2.03. The number of carbonyl (C=O) groups excluding carboxylic acids is 1. The largest absolute Gasteiger partial charge is 0.478 e. The van der Waals surface area contributed by atoms with Gasteiger partial charge >= 0.3 is 5.97 Å². The Bertz CT molecular complexity index is 727. The molecule has 0 aliphatic carbocycles. The van der Waals surface area contributed by atoms with Gasteiger partial charge in [-0.15, -0.1) is 0 Å². The van der Waals surface area contributed by atoms with Gasteiger partial charge in [0.1, 0.15) is 29.0 Å². The summed E-state index contributed by atoms with van der Waals surface area (Å²) in [6.45, 7) is -0.0727. The molecule has 0 aromatic heterocycles. The van der Waals surface area contributed by atoms with E-state index in [-0.39, 0.29) is 6.47 Å². The van der Waals surface area contributed by atoms with E-state index in [4.69, 9.17) is 5.11 Å². The Morgan fingerprint density at radius 1 is 0.909 bits per heavy atom. The standard InChI is InChI=1S/C14H6F4O4/c15-8-1-6(14(20)21)2-9(16)12(8)13-10(17)3-7(22-5-19)4-11(13)18/h1-5H,(H,20,21). The van der Waals surface area contributed by atoms with E-state index in [0.29, 0.717) is 24.3 Å². The van der Waals surface area contributed by atoms with Crippen molar-refractivity contribution in [2.24, 2.45) is 0 Å². The highest BCUT2D eigenvalue weighted by Crippen LogP contribution is 2.33. The van der Waals surface area contributed by atoms with Gasteiger partial charge in [-0.2, -0.15) is 0 Å². The van der Waals surface area contributed by atoms with Crippen LogP contribution in [0.5, 0.6) is 5.75 Å². The minimum Gasteiger partial charge on any atom is -0.478 e. The molecule has 0 aliphatic heterocycles. The van der Waals surface area contributed by atoms with E-state index < -0.39 is 51.7 Å². The van der Waals surface area contributed by atoms with Gasteiger partial charge in [-0.05, 0) is 12.1 Å². The summed E-state index contributed by atoms with van der Waals surface area (Å²) in [6, 6.07) is 2.01. The van der Waals surface area contributed by atoms with Crippen LogP contribution in [0.15, 0.2) is 24.3 Å². The molecule has 0 bridgehead atoms. The zero-order chi connectivity index (χ0) is 16.4. The van der Waals surface area contributed by atoms with Gasteiger partial charge in [-0.3, -0.25) is 4.79 Å². The first kappa shape index (κ1) is 15.5. The molecule has 0 saturated heterocycles. The van der Waals surface area contributed by atoms with Gasteiger partial charge in [0.2, 0.25) is 0 Å². The smallest absolute Gasteiger partial charge is 0.335 e. The van der Waals surface area contributed by atoms with E-state index in [1.165, 1.54) is 0 Å². The van der Waals surface area contributed by atoms with Crippen LogP contribution in [0.4, 0.5) is 17.6 Å². The summed E-state index contributed by atoms with van der Waals surface area (Å²) < 4.78 is 59.6. The van der Waals surface area contributed by atoms with Crippen molar-refractivity contribution in [1.29, 1.82) is 0 Å². The fourth-order valence-corrected chi connectivity index (χ4v) is 1.85. The van der Waals surface area contributed by atoms with Gasteiger partial charge in [0.05, 0.1) is 16.7 Å². The van der Waals surface area contributed by atoms with Crippen molar-refractivity contribution in [3.8, 4) is 16.9 Å². The molecule has 4 nitrogen and oxygen atoms in total. The van der Waals surface area contributed by atoms with Gasteiger partial charge in [0, 0.05) is 12.1 Å². The molecule has 22 heavy (non-hydrogen) atoms. The highest BCUT2D eigenvalue weighted by Gasteiger charge is 2.23. The van der Waals surface area contributed by atoms with Crippen molar-refractivity contribution in [2.75, 3.05) is 0 Å². The Morgan fingerprint density at radius 3 is 1.68 bits per heavy atom. The molecule has 0 heterocycles. The average Bonchev–Trinajstić information content (AvgIpc) is 2.41. The number of hydrogen-bond donors (Lipinski definition) is 1. The molecule has 0 aliphatic rings. The molecule has 2 aromatic rings. The van der Waals surface area contributed by atoms with Crippen LogP contribution in [0.25, 0.3) is 11.1 Å². The Morgan fingerprint density at radius 2 is 1.32 bits per heavy atom. The number of carbonyl (C=O) groups is 2. The van der Waals surface area contributed by atoms with Crippen molar-refractivity contribution in [3.05, 3.63) is 53.1 Å². The van der Waals surface area contributed by atoms with E-state index in [9.17, 15) is 27.2 Å². The summed E-state index contributed by atoms with van der Waals surface area (Å²) in [5.74, 6) is -7.73. The van der Waals surface area contributed by atoms with Gasteiger partial charge in [0.25, 0.3) is 6.47 Å². The summed E-state index contributed by atoms with van der Waals surface area (Å²) in [6.07, 6.45) is 0. The van der Waals surface area contributed by atoms with Crippen molar-refractivity contribution in [3.63, 3.8) is 0 Å². The summed E-state index contributed by atoms with van der Waals surface area (Å²) in [5, 5.41) is 8.67. The highest BCUT2D eigenvalue weighted by atomic mass is 19.1. The normalized spacial score (nSPS) is 10.4. The number of carboxylic acids is 1. The quantitative estimate of drug-likeness (QED) is 0.695. The number of halogens is 4. The molecule has 114 valence electrons.